The Balaban J connectivity index is 1.62. The van der Waals surface area contributed by atoms with Crippen molar-refractivity contribution in [1.82, 2.24) is 15.2 Å². The van der Waals surface area contributed by atoms with Crippen molar-refractivity contribution in [2.45, 2.75) is 0 Å². The molecule has 0 aliphatic heterocycles. The zero-order valence-electron chi connectivity index (χ0n) is 13.5. The molecule has 0 amide bonds. The summed E-state index contributed by atoms with van der Waals surface area (Å²) in [5.41, 5.74) is 3.68. The average Bonchev–Trinajstić information content (AvgIpc) is 3.28. The largest absolute Gasteiger partial charge is 0.476 e. The first-order valence-electron chi connectivity index (χ1n) is 7.87. The number of anilines is 2. The Morgan fingerprint density at radius 3 is 2.77 bits per heavy atom. The molecule has 0 bridgehead atoms. The maximum atomic E-state index is 11.0. The lowest BCUT2D eigenvalue weighted by Gasteiger charge is -2.06. The summed E-state index contributed by atoms with van der Waals surface area (Å²) < 4.78 is 0. The van der Waals surface area contributed by atoms with E-state index in [0.717, 1.165) is 27.8 Å². The van der Waals surface area contributed by atoms with Gasteiger partial charge < -0.3 is 10.4 Å². The highest BCUT2D eigenvalue weighted by Crippen LogP contribution is 2.26. The maximum absolute atomic E-state index is 11.0. The Hall–Kier alpha value is -3.45. The van der Waals surface area contributed by atoms with E-state index in [-0.39, 0.29) is 5.69 Å². The summed E-state index contributed by atoms with van der Waals surface area (Å²) in [6.45, 7) is 0. The number of carbonyl (C=O) groups is 1. The van der Waals surface area contributed by atoms with E-state index in [2.05, 4.69) is 20.5 Å². The topological polar surface area (TPSA) is 90.9 Å². The number of aromatic amines is 1. The van der Waals surface area contributed by atoms with Gasteiger partial charge in [-0.25, -0.2) is 9.78 Å². The number of benzene rings is 2. The standard InChI is InChI=1S/C19H14N4O2S/c24-18(25)17-11-26-19(21-17)20-14-7-3-1-5-12(14)9-10-16-13-6-2-4-8-15(13)22-23-16/h1-11H,(H,20,21)(H,22,23)(H,24,25). The number of fused-ring (bicyclic) bond motifs is 1. The summed E-state index contributed by atoms with van der Waals surface area (Å²) in [7, 11) is 0. The van der Waals surface area contributed by atoms with Crippen LogP contribution in [0.4, 0.5) is 10.8 Å². The molecule has 128 valence electrons. The quantitative estimate of drug-likeness (QED) is 0.481. The monoisotopic (exact) mass is 362 g/mol. The molecule has 0 saturated heterocycles. The molecule has 0 aliphatic rings. The first-order valence-corrected chi connectivity index (χ1v) is 8.75. The molecule has 0 atom stereocenters. The van der Waals surface area contributed by atoms with Gasteiger partial charge in [-0.2, -0.15) is 5.10 Å². The smallest absolute Gasteiger partial charge is 0.355 e. The van der Waals surface area contributed by atoms with Crippen LogP contribution < -0.4 is 5.32 Å². The molecular formula is C19H14N4O2S. The van der Waals surface area contributed by atoms with Crippen LogP contribution >= 0.6 is 11.3 Å². The van der Waals surface area contributed by atoms with Crippen molar-refractivity contribution in [3.8, 4) is 0 Å². The number of hydrogen-bond acceptors (Lipinski definition) is 5. The van der Waals surface area contributed by atoms with Crippen LogP contribution in [0.1, 0.15) is 21.7 Å². The van der Waals surface area contributed by atoms with Crippen LogP contribution in [0.5, 0.6) is 0 Å². The average molecular weight is 362 g/mol. The fourth-order valence-corrected chi connectivity index (χ4v) is 3.28. The number of hydrogen-bond donors (Lipinski definition) is 3. The molecule has 4 aromatic rings. The second-order valence-corrected chi connectivity index (χ2v) is 6.40. The van der Waals surface area contributed by atoms with E-state index in [1.54, 1.807) is 0 Å². The Labute approximate surface area is 152 Å². The molecule has 3 N–H and O–H groups in total. The van der Waals surface area contributed by atoms with E-state index in [1.807, 2.05) is 60.7 Å². The lowest BCUT2D eigenvalue weighted by atomic mass is 10.1. The van der Waals surface area contributed by atoms with Crippen LogP contribution in [0.2, 0.25) is 0 Å². The molecular weight excluding hydrogens is 348 g/mol. The number of rotatable bonds is 5. The molecule has 0 saturated carbocycles. The van der Waals surface area contributed by atoms with Crippen molar-refractivity contribution in [2.24, 2.45) is 0 Å². The Morgan fingerprint density at radius 1 is 1.12 bits per heavy atom. The van der Waals surface area contributed by atoms with Gasteiger partial charge in [0, 0.05) is 16.5 Å². The predicted molar refractivity (Wildman–Crippen MR) is 104 cm³/mol. The molecule has 0 radical (unpaired) electrons. The third-order valence-corrected chi connectivity index (χ3v) is 4.60. The highest BCUT2D eigenvalue weighted by Gasteiger charge is 2.09. The molecule has 6 nitrogen and oxygen atoms in total. The number of aromatic carboxylic acids is 1. The van der Waals surface area contributed by atoms with Crippen LogP contribution in [0.25, 0.3) is 23.1 Å². The molecule has 4 rings (SSSR count). The first kappa shape index (κ1) is 16.0. The fraction of sp³-hybridized carbons (Fsp3) is 0. The first-order chi connectivity index (χ1) is 12.7. The van der Waals surface area contributed by atoms with Gasteiger partial charge in [-0.1, -0.05) is 42.5 Å². The van der Waals surface area contributed by atoms with Crippen LogP contribution in [0.15, 0.2) is 53.9 Å². The highest BCUT2D eigenvalue weighted by atomic mass is 32.1. The van der Waals surface area contributed by atoms with Gasteiger partial charge in [0.15, 0.2) is 10.8 Å². The van der Waals surface area contributed by atoms with Crippen LogP contribution in [-0.2, 0) is 0 Å². The number of thiazole rings is 1. The van der Waals surface area contributed by atoms with Gasteiger partial charge in [-0.15, -0.1) is 11.3 Å². The van der Waals surface area contributed by atoms with E-state index in [0.29, 0.717) is 5.13 Å². The Morgan fingerprint density at radius 2 is 1.92 bits per heavy atom. The van der Waals surface area contributed by atoms with Gasteiger partial charge in [-0.05, 0) is 23.8 Å². The number of aromatic nitrogens is 3. The molecule has 0 aliphatic carbocycles. The van der Waals surface area contributed by atoms with Crippen LogP contribution in [0.3, 0.4) is 0 Å². The van der Waals surface area contributed by atoms with Crippen molar-refractivity contribution in [1.29, 1.82) is 0 Å². The third kappa shape index (κ3) is 3.20. The van der Waals surface area contributed by atoms with E-state index in [1.165, 1.54) is 16.7 Å². The second-order valence-electron chi connectivity index (χ2n) is 5.54. The Kier molecular flexibility index (Phi) is 4.20. The van der Waals surface area contributed by atoms with Gasteiger partial charge in [-0.3, -0.25) is 5.10 Å². The van der Waals surface area contributed by atoms with Crippen LogP contribution in [-0.4, -0.2) is 26.3 Å². The maximum Gasteiger partial charge on any atom is 0.355 e. The number of para-hydroxylation sites is 2. The molecule has 0 spiro atoms. The number of nitrogens with zero attached hydrogens (tertiary/aromatic N) is 2. The minimum atomic E-state index is -1.03. The molecule has 2 aromatic heterocycles. The summed E-state index contributed by atoms with van der Waals surface area (Å²) >= 11 is 1.25. The second kappa shape index (κ2) is 6.81. The summed E-state index contributed by atoms with van der Waals surface area (Å²) in [5, 5.41) is 22.6. The summed E-state index contributed by atoms with van der Waals surface area (Å²) in [6.07, 6.45) is 3.92. The van der Waals surface area contributed by atoms with E-state index in [4.69, 9.17) is 5.11 Å². The lowest BCUT2D eigenvalue weighted by Crippen LogP contribution is -1.97. The van der Waals surface area contributed by atoms with Gasteiger partial charge in [0.2, 0.25) is 0 Å². The third-order valence-electron chi connectivity index (χ3n) is 3.85. The zero-order chi connectivity index (χ0) is 17.9. The van der Waals surface area contributed by atoms with E-state index >= 15 is 0 Å². The van der Waals surface area contributed by atoms with Gasteiger partial charge in [0.05, 0.1) is 11.2 Å². The zero-order valence-corrected chi connectivity index (χ0v) is 14.3. The Bertz CT molecular complexity index is 1110. The van der Waals surface area contributed by atoms with Gasteiger partial charge in [0.25, 0.3) is 0 Å². The minimum absolute atomic E-state index is 0.0357. The van der Waals surface area contributed by atoms with Crippen molar-refractivity contribution in [3.05, 3.63) is 70.9 Å². The van der Waals surface area contributed by atoms with E-state index in [9.17, 15) is 4.79 Å². The molecule has 7 heteroatoms. The normalized spacial score (nSPS) is 11.2. The molecule has 0 unspecified atom stereocenters. The summed E-state index contributed by atoms with van der Waals surface area (Å²) in [4.78, 5) is 15.0. The summed E-state index contributed by atoms with van der Waals surface area (Å²) in [5.74, 6) is -1.03. The van der Waals surface area contributed by atoms with Crippen molar-refractivity contribution in [3.63, 3.8) is 0 Å². The van der Waals surface area contributed by atoms with Crippen molar-refractivity contribution < 1.29 is 9.90 Å². The highest BCUT2D eigenvalue weighted by molar-refractivity contribution is 7.14. The van der Waals surface area contributed by atoms with Crippen molar-refractivity contribution in [2.75, 3.05) is 5.32 Å². The fourth-order valence-electron chi connectivity index (χ4n) is 2.58. The van der Waals surface area contributed by atoms with Crippen molar-refractivity contribution >= 4 is 51.2 Å². The van der Waals surface area contributed by atoms with E-state index < -0.39 is 5.97 Å². The molecule has 2 heterocycles. The van der Waals surface area contributed by atoms with Crippen LogP contribution in [0, 0.1) is 0 Å². The number of carboxylic acid groups (broad SMARTS) is 1. The van der Waals surface area contributed by atoms with Gasteiger partial charge >= 0.3 is 5.97 Å². The minimum Gasteiger partial charge on any atom is -0.476 e. The number of H-pyrrole nitrogens is 1. The van der Waals surface area contributed by atoms with Gasteiger partial charge in [0.1, 0.15) is 0 Å². The molecule has 2 aromatic carbocycles. The number of carboxylic acids is 1. The molecule has 26 heavy (non-hydrogen) atoms. The number of nitrogens with one attached hydrogen (secondary N) is 2. The SMILES string of the molecule is O=C(O)c1csc(Nc2ccccc2C=Cc2n[nH]c3ccccc23)n1. The predicted octanol–water partition coefficient (Wildman–Crippen LogP) is 4.63. The molecule has 0 fully saturated rings. The summed E-state index contributed by atoms with van der Waals surface area (Å²) in [6, 6.07) is 15.7. The lowest BCUT2D eigenvalue weighted by molar-refractivity contribution is 0.0691.